The molecule has 1 aliphatic heterocycles. The maximum Gasteiger partial charge on any atom is 0.264 e. The molecule has 0 saturated heterocycles. The summed E-state index contributed by atoms with van der Waals surface area (Å²) in [5.74, 6) is -0.321. The van der Waals surface area contributed by atoms with Gasteiger partial charge in [0.2, 0.25) is 0 Å². The number of imidazole rings is 1. The number of carbonyl (C=O) groups is 1. The Morgan fingerprint density at radius 1 is 0.543 bits per heavy atom. The van der Waals surface area contributed by atoms with E-state index in [1.54, 1.807) is 4.40 Å². The second-order valence-electron chi connectivity index (χ2n) is 12.7. The van der Waals surface area contributed by atoms with Gasteiger partial charge in [-0.05, 0) is 112 Å². The molecule has 0 aliphatic carbocycles. The van der Waals surface area contributed by atoms with Crippen molar-refractivity contribution in [2.24, 2.45) is 0 Å². The van der Waals surface area contributed by atoms with E-state index in [4.69, 9.17) is 4.98 Å². The first kappa shape index (κ1) is 23.3. The Kier molecular flexibility index (Phi) is 3.75. The van der Waals surface area contributed by atoms with Crippen LogP contribution in [0.1, 0.15) is 22.1 Å². The minimum Gasteiger partial charge on any atom is -0.833 e. The monoisotopic (exact) mass is 588 g/mol. The summed E-state index contributed by atoms with van der Waals surface area (Å²) in [6, 6.07) is 32.8. The molecule has 11 aromatic rings. The van der Waals surface area contributed by atoms with Crippen molar-refractivity contribution >= 4 is 109 Å². The molecule has 212 valence electrons. The van der Waals surface area contributed by atoms with Crippen LogP contribution in [-0.4, -0.2) is 15.3 Å². The van der Waals surface area contributed by atoms with E-state index >= 15 is 0 Å². The minimum atomic E-state index is -1.29. The average molecular weight is 589 g/mol. The molecule has 6 nitrogen and oxygen atoms in total. The van der Waals surface area contributed by atoms with Crippen LogP contribution in [0.25, 0.3) is 103 Å². The normalized spacial score (nSPS) is 15.6. The molecule has 0 saturated carbocycles. The zero-order valence-corrected chi connectivity index (χ0v) is 23.9. The average Bonchev–Trinajstić information content (AvgIpc) is 3.48. The van der Waals surface area contributed by atoms with Gasteiger partial charge in [-0.1, -0.05) is 66.7 Å². The minimum absolute atomic E-state index is 0.0541. The van der Waals surface area contributed by atoms with Crippen LogP contribution in [0.5, 0.6) is 0 Å². The SMILES string of the molecule is O=C1NC([O-])c2ccc3c4ccc5c6ccc7c(=O)n8c9ccccc9nc8c8ccc(c9ccc(c%10ccc1c2c3%10)c4c59)c6c78. The summed E-state index contributed by atoms with van der Waals surface area (Å²) in [6.45, 7) is 0. The third-order valence-electron chi connectivity index (χ3n) is 10.7. The maximum atomic E-state index is 14.1. The first-order chi connectivity index (χ1) is 22.6. The standard InChI is InChI=1S/C40H18N3O3/c44-38-26-14-10-22-18-6-5-17-21-9-13-25-35-28(40(46)43-30-4-2-1-3-29(30)41-37(25)43)16-12-24(33(21)35)20-8-7-19(32(18)31(17)20)23-11-15-27(39(45)42-38)36(26)34(22)23/h1-16,39H,(H,42,44)/q-1. The van der Waals surface area contributed by atoms with Gasteiger partial charge in [-0.2, -0.15) is 0 Å². The molecule has 1 N–H and O–H groups in total. The Bertz CT molecular complexity index is 3220. The number of hydrogen-bond acceptors (Lipinski definition) is 4. The lowest BCUT2D eigenvalue weighted by atomic mass is 9.81. The van der Waals surface area contributed by atoms with Gasteiger partial charge in [0.25, 0.3) is 11.5 Å². The van der Waals surface area contributed by atoms with E-state index in [9.17, 15) is 14.7 Å². The van der Waals surface area contributed by atoms with E-state index in [2.05, 4.69) is 47.8 Å². The Morgan fingerprint density at radius 3 is 1.65 bits per heavy atom. The predicted molar refractivity (Wildman–Crippen MR) is 183 cm³/mol. The predicted octanol–water partition coefficient (Wildman–Crippen LogP) is 7.49. The van der Waals surface area contributed by atoms with Gasteiger partial charge in [0, 0.05) is 21.7 Å². The van der Waals surface area contributed by atoms with Crippen LogP contribution in [-0.2, 0) is 0 Å². The maximum absolute atomic E-state index is 14.1. The van der Waals surface area contributed by atoms with Crippen molar-refractivity contribution in [2.45, 2.75) is 6.23 Å². The fraction of sp³-hybridized carbons (Fsp3) is 0.0250. The number of pyridine rings is 1. The van der Waals surface area contributed by atoms with E-state index in [-0.39, 0.29) is 11.5 Å². The van der Waals surface area contributed by atoms with Gasteiger partial charge in [0.1, 0.15) is 5.65 Å². The number of aromatic nitrogens is 2. The number of para-hydroxylation sites is 2. The molecule has 0 radical (unpaired) electrons. The summed E-state index contributed by atoms with van der Waals surface area (Å²) >= 11 is 0. The Labute approximate surface area is 257 Å². The summed E-state index contributed by atoms with van der Waals surface area (Å²) in [6.07, 6.45) is -1.29. The van der Waals surface area contributed by atoms with E-state index in [0.717, 1.165) is 81.1 Å². The van der Waals surface area contributed by atoms with Crippen molar-refractivity contribution in [3.8, 4) is 0 Å². The molecular weight excluding hydrogens is 570 g/mol. The van der Waals surface area contributed by atoms with Crippen molar-refractivity contribution < 1.29 is 9.90 Å². The highest BCUT2D eigenvalue weighted by Gasteiger charge is 2.26. The molecule has 12 rings (SSSR count). The molecule has 0 fully saturated rings. The van der Waals surface area contributed by atoms with Crippen LogP contribution in [0, 0.1) is 0 Å². The molecule has 0 spiro atoms. The highest BCUT2D eigenvalue weighted by molar-refractivity contribution is 6.44. The third-order valence-corrected chi connectivity index (χ3v) is 10.7. The zero-order chi connectivity index (χ0) is 30.2. The molecule has 2 aromatic heterocycles. The van der Waals surface area contributed by atoms with Crippen LogP contribution < -0.4 is 16.0 Å². The molecule has 1 unspecified atom stereocenters. The lowest BCUT2D eigenvalue weighted by molar-refractivity contribution is -0.432. The lowest BCUT2D eigenvalue weighted by Crippen LogP contribution is -2.39. The largest absolute Gasteiger partial charge is 0.833 e. The molecular formula is C40H18N3O3-. The summed E-state index contributed by atoms with van der Waals surface area (Å²) in [5, 5.41) is 32.0. The van der Waals surface area contributed by atoms with Gasteiger partial charge in [0.05, 0.1) is 11.0 Å². The van der Waals surface area contributed by atoms with Crippen LogP contribution in [0.3, 0.4) is 0 Å². The molecule has 6 heteroatoms. The molecule has 3 heterocycles. The van der Waals surface area contributed by atoms with E-state index in [1.807, 2.05) is 54.6 Å². The summed E-state index contributed by atoms with van der Waals surface area (Å²) in [7, 11) is 0. The second kappa shape index (κ2) is 7.40. The lowest BCUT2D eigenvalue weighted by Gasteiger charge is -2.32. The van der Waals surface area contributed by atoms with Crippen molar-refractivity contribution in [2.75, 3.05) is 0 Å². The molecule has 1 aliphatic rings. The molecule has 9 aromatic carbocycles. The third kappa shape index (κ3) is 2.39. The van der Waals surface area contributed by atoms with Gasteiger partial charge < -0.3 is 10.4 Å². The van der Waals surface area contributed by atoms with Gasteiger partial charge in [-0.15, -0.1) is 0 Å². The summed E-state index contributed by atoms with van der Waals surface area (Å²) in [5.41, 5.74) is 3.41. The number of nitrogens with zero attached hydrogens (tertiary/aromatic N) is 2. The van der Waals surface area contributed by atoms with Gasteiger partial charge in [-0.25, -0.2) is 4.98 Å². The van der Waals surface area contributed by atoms with E-state index in [1.165, 1.54) is 10.8 Å². The number of benzene rings is 9. The Morgan fingerprint density at radius 2 is 1.02 bits per heavy atom. The van der Waals surface area contributed by atoms with Gasteiger partial charge in [0.15, 0.2) is 0 Å². The number of fused-ring (bicyclic) bond motifs is 8. The molecule has 1 amide bonds. The number of amides is 1. The van der Waals surface area contributed by atoms with Gasteiger partial charge >= 0.3 is 0 Å². The Hall–Kier alpha value is -6.11. The van der Waals surface area contributed by atoms with Crippen molar-refractivity contribution in [3.05, 3.63) is 119 Å². The van der Waals surface area contributed by atoms with Crippen molar-refractivity contribution in [1.82, 2.24) is 14.7 Å². The highest BCUT2D eigenvalue weighted by atomic mass is 16.3. The summed E-state index contributed by atoms with van der Waals surface area (Å²) in [4.78, 5) is 31.9. The highest BCUT2D eigenvalue weighted by Crippen LogP contribution is 2.49. The first-order valence-corrected chi connectivity index (χ1v) is 15.4. The van der Waals surface area contributed by atoms with E-state index < -0.39 is 6.23 Å². The molecule has 1 atom stereocenters. The van der Waals surface area contributed by atoms with Crippen molar-refractivity contribution in [1.29, 1.82) is 0 Å². The number of hydrogen-bond donors (Lipinski definition) is 1. The smallest absolute Gasteiger partial charge is 0.264 e. The number of carbonyl (C=O) groups excluding carboxylic acids is 1. The van der Waals surface area contributed by atoms with Crippen LogP contribution in [0.2, 0.25) is 0 Å². The fourth-order valence-electron chi connectivity index (χ4n) is 8.89. The number of nitrogens with one attached hydrogen (secondary N) is 1. The first-order valence-electron chi connectivity index (χ1n) is 15.4. The quantitative estimate of drug-likeness (QED) is 0.147. The van der Waals surface area contributed by atoms with Crippen LogP contribution in [0.4, 0.5) is 0 Å². The van der Waals surface area contributed by atoms with Crippen molar-refractivity contribution in [3.63, 3.8) is 0 Å². The van der Waals surface area contributed by atoms with E-state index in [0.29, 0.717) is 22.2 Å². The van der Waals surface area contributed by atoms with Crippen LogP contribution in [0.15, 0.2) is 102 Å². The second-order valence-corrected chi connectivity index (χ2v) is 12.7. The van der Waals surface area contributed by atoms with Gasteiger partial charge in [-0.3, -0.25) is 14.0 Å². The number of rotatable bonds is 0. The van der Waals surface area contributed by atoms with Crippen LogP contribution >= 0.6 is 0 Å². The zero-order valence-electron chi connectivity index (χ0n) is 23.9. The summed E-state index contributed by atoms with van der Waals surface area (Å²) < 4.78 is 1.75. The topological polar surface area (TPSA) is 86.5 Å². The Balaban J connectivity index is 1.31. The molecule has 46 heavy (non-hydrogen) atoms. The molecule has 0 bridgehead atoms. The fourth-order valence-corrected chi connectivity index (χ4v) is 8.89.